The van der Waals surface area contributed by atoms with Gasteiger partial charge in [0.1, 0.15) is 20.2 Å². The fourth-order valence-corrected chi connectivity index (χ4v) is 8.69. The second kappa shape index (κ2) is 40.3. The predicted molar refractivity (Wildman–Crippen MR) is 250 cm³/mol. The van der Waals surface area contributed by atoms with E-state index in [2.05, 4.69) is 13.8 Å². The minimum absolute atomic E-state index is 0. The topological polar surface area (TPSA) is 114 Å². The van der Waals surface area contributed by atoms with Crippen LogP contribution in [0.15, 0.2) is 58.3 Å². The van der Waals surface area contributed by atoms with Gasteiger partial charge in [-0.15, -0.1) is 0 Å². The Balaban J connectivity index is 0.00000112. The molecule has 59 heavy (non-hydrogen) atoms. The van der Waals surface area contributed by atoms with Gasteiger partial charge in [0.2, 0.25) is 0 Å². The van der Waals surface area contributed by atoms with E-state index in [9.17, 15) is 25.9 Å². The number of unbranched alkanes of at least 4 members (excludes halogenated alkanes) is 32. The Morgan fingerprint density at radius 3 is 0.644 bits per heavy atom. The minimum atomic E-state index is -4.32. The molecule has 0 aliphatic rings. The second-order valence-corrected chi connectivity index (χ2v) is 19.8. The Hall–Kier alpha value is -0.480. The Bertz CT molecular complexity index is 1300. The summed E-state index contributed by atoms with van der Waals surface area (Å²) in [5, 5.41) is 0. The first kappa shape index (κ1) is 58.5. The fraction of sp³-hybridized carbons (Fsp3) is 0.760. The normalized spacial score (nSPS) is 11.6. The smallest absolute Gasteiger partial charge is 0.744 e. The summed E-state index contributed by atoms with van der Waals surface area (Å²) < 4.78 is 65.5. The molecule has 0 N–H and O–H groups in total. The van der Waals surface area contributed by atoms with Crippen LogP contribution in [0.5, 0.6) is 0 Å². The van der Waals surface area contributed by atoms with E-state index in [-0.39, 0.29) is 47.5 Å². The Morgan fingerprint density at radius 1 is 0.305 bits per heavy atom. The molecule has 0 saturated carbocycles. The van der Waals surface area contributed by atoms with Crippen molar-refractivity contribution in [2.75, 3.05) is 0 Å². The molecule has 2 rings (SSSR count). The van der Waals surface area contributed by atoms with Crippen molar-refractivity contribution in [3.8, 4) is 0 Å². The molecule has 0 aromatic heterocycles. The summed E-state index contributed by atoms with van der Waals surface area (Å²) in [7, 11) is -8.64. The zero-order chi connectivity index (χ0) is 42.4. The van der Waals surface area contributed by atoms with Crippen LogP contribution >= 0.6 is 0 Å². The Morgan fingerprint density at radius 2 is 0.475 bits per heavy atom. The molecule has 0 spiro atoms. The zero-order valence-corrected chi connectivity index (χ0v) is 41.9. The number of aryl methyl sites for hydroxylation is 2. The van der Waals surface area contributed by atoms with Crippen LogP contribution in [0.1, 0.15) is 243 Å². The summed E-state index contributed by atoms with van der Waals surface area (Å²) in [6, 6.07) is 12.7. The fourth-order valence-electron chi connectivity index (χ4n) is 7.75. The first-order valence-electron chi connectivity index (χ1n) is 24.2. The molecular formula is C50H86CaO6S2. The SMILES string of the molecule is CCCCCCCCCCCCCCCCCCCc1ccc(S(=O)(=O)[O-])cc1.CCCCCCCCCCCCCCCCCCCc1ccc(S(=O)(=O)[O-])cc1.[Ca+2]. The van der Waals surface area contributed by atoms with Gasteiger partial charge >= 0.3 is 37.7 Å². The average Bonchev–Trinajstić information content (AvgIpc) is 3.20. The summed E-state index contributed by atoms with van der Waals surface area (Å²) in [6.07, 6.45) is 48.4. The molecule has 2 aromatic carbocycles. The first-order valence-corrected chi connectivity index (χ1v) is 27.0. The molecular weight excluding hydrogens is 801 g/mol. The van der Waals surface area contributed by atoms with Gasteiger partial charge in [-0.25, -0.2) is 16.8 Å². The van der Waals surface area contributed by atoms with Crippen LogP contribution < -0.4 is 0 Å². The van der Waals surface area contributed by atoms with Gasteiger partial charge in [0.25, 0.3) is 0 Å². The molecule has 0 saturated heterocycles. The van der Waals surface area contributed by atoms with Crippen molar-refractivity contribution in [3.05, 3.63) is 59.7 Å². The van der Waals surface area contributed by atoms with E-state index in [0.717, 1.165) is 36.8 Å². The van der Waals surface area contributed by atoms with Crippen LogP contribution in [0.25, 0.3) is 0 Å². The van der Waals surface area contributed by atoms with Gasteiger partial charge in [-0.3, -0.25) is 0 Å². The molecule has 6 nitrogen and oxygen atoms in total. The molecule has 2 aromatic rings. The Kier molecular flexibility index (Phi) is 40.0. The van der Waals surface area contributed by atoms with Crippen LogP contribution in [0.4, 0.5) is 0 Å². The van der Waals surface area contributed by atoms with E-state index < -0.39 is 20.2 Å². The van der Waals surface area contributed by atoms with E-state index in [1.54, 1.807) is 24.3 Å². The van der Waals surface area contributed by atoms with Crippen molar-refractivity contribution in [1.29, 1.82) is 0 Å². The van der Waals surface area contributed by atoms with Gasteiger partial charge in [0.05, 0.1) is 9.79 Å². The van der Waals surface area contributed by atoms with Gasteiger partial charge in [-0.2, -0.15) is 0 Å². The Labute approximate surface area is 395 Å². The van der Waals surface area contributed by atoms with Crippen LogP contribution in [0.3, 0.4) is 0 Å². The van der Waals surface area contributed by atoms with E-state index in [0.29, 0.717) is 0 Å². The molecule has 0 amide bonds. The van der Waals surface area contributed by atoms with E-state index in [4.69, 9.17) is 0 Å². The van der Waals surface area contributed by atoms with Crippen molar-refractivity contribution < 1.29 is 25.9 Å². The maximum Gasteiger partial charge on any atom is 2.00 e. The van der Waals surface area contributed by atoms with Gasteiger partial charge in [0, 0.05) is 0 Å². The van der Waals surface area contributed by atoms with E-state index >= 15 is 0 Å². The third kappa shape index (κ3) is 36.7. The van der Waals surface area contributed by atoms with E-state index in [1.165, 1.54) is 230 Å². The van der Waals surface area contributed by atoms with Crippen LogP contribution in [0.2, 0.25) is 0 Å². The molecule has 0 unspecified atom stereocenters. The number of hydrogen-bond donors (Lipinski definition) is 0. The molecule has 9 heteroatoms. The third-order valence-electron chi connectivity index (χ3n) is 11.6. The third-order valence-corrected chi connectivity index (χ3v) is 13.3. The van der Waals surface area contributed by atoms with Crippen LogP contribution in [-0.4, -0.2) is 63.7 Å². The molecule has 0 atom stereocenters. The zero-order valence-electron chi connectivity index (χ0n) is 38.0. The van der Waals surface area contributed by atoms with Crippen molar-refractivity contribution >= 4 is 58.0 Å². The number of rotatable bonds is 38. The molecule has 0 heterocycles. The molecule has 0 bridgehead atoms. The molecule has 0 radical (unpaired) electrons. The maximum absolute atomic E-state index is 10.9. The van der Waals surface area contributed by atoms with Crippen molar-refractivity contribution in [3.63, 3.8) is 0 Å². The quantitative estimate of drug-likeness (QED) is 0.0377. The van der Waals surface area contributed by atoms with Crippen molar-refractivity contribution in [2.24, 2.45) is 0 Å². The van der Waals surface area contributed by atoms with Crippen LogP contribution in [-0.2, 0) is 33.1 Å². The summed E-state index contributed by atoms with van der Waals surface area (Å²) in [5.74, 6) is 0. The molecule has 0 aliphatic carbocycles. The summed E-state index contributed by atoms with van der Waals surface area (Å²) >= 11 is 0. The van der Waals surface area contributed by atoms with Gasteiger partial charge in [-0.1, -0.05) is 244 Å². The summed E-state index contributed by atoms with van der Waals surface area (Å²) in [6.45, 7) is 4.55. The first-order chi connectivity index (χ1) is 28.1. The average molecular weight is 887 g/mol. The predicted octanol–water partition coefficient (Wildman–Crippen LogP) is 15.2. The van der Waals surface area contributed by atoms with Gasteiger partial charge < -0.3 is 9.11 Å². The number of benzene rings is 2. The van der Waals surface area contributed by atoms with E-state index in [1.807, 2.05) is 0 Å². The molecule has 336 valence electrons. The summed E-state index contributed by atoms with van der Waals surface area (Å²) in [4.78, 5) is -0.271. The molecule has 0 fully saturated rings. The van der Waals surface area contributed by atoms with Crippen molar-refractivity contribution in [2.45, 2.75) is 255 Å². The monoisotopic (exact) mass is 887 g/mol. The van der Waals surface area contributed by atoms with Gasteiger partial charge in [-0.05, 0) is 61.1 Å². The number of hydrogen-bond acceptors (Lipinski definition) is 6. The largest absolute Gasteiger partial charge is 2.00 e. The summed E-state index contributed by atoms with van der Waals surface area (Å²) in [5.41, 5.74) is 2.22. The van der Waals surface area contributed by atoms with Crippen molar-refractivity contribution in [1.82, 2.24) is 0 Å². The minimum Gasteiger partial charge on any atom is -0.744 e. The maximum atomic E-state index is 10.9. The standard InChI is InChI=1S/2C25H44O3S.Ca/c2*1-2-3-4-5-6-7-8-9-10-11-12-13-14-15-16-17-18-19-24-20-22-25(23-21-24)29(26,27)28;/h2*20-23H,2-19H2,1H3,(H,26,27,28);/q;;+2/p-2. The molecule has 0 aliphatic heterocycles. The van der Waals surface area contributed by atoms with Crippen LogP contribution in [0, 0.1) is 0 Å². The second-order valence-electron chi connectivity index (χ2n) is 17.0. The van der Waals surface area contributed by atoms with Gasteiger partial charge in [0.15, 0.2) is 0 Å².